The number of aromatic hydroxyl groups is 1. The van der Waals surface area contributed by atoms with Gasteiger partial charge in [0.15, 0.2) is 0 Å². The van der Waals surface area contributed by atoms with E-state index >= 15 is 0 Å². The van der Waals surface area contributed by atoms with Gasteiger partial charge in [0.25, 0.3) is 0 Å². The normalized spacial score (nSPS) is 14.5. The molecular formula is C26H43N5O6. The van der Waals surface area contributed by atoms with Crippen molar-refractivity contribution < 1.29 is 29.4 Å². The Bertz CT molecular complexity index is 890. The Kier molecular flexibility index (Phi) is 13.6. The quantitative estimate of drug-likeness (QED) is 0.154. The van der Waals surface area contributed by atoms with Crippen LogP contribution in [0.2, 0.25) is 0 Å². The molecule has 4 atom stereocenters. The first kappa shape index (κ1) is 31.8. The summed E-state index contributed by atoms with van der Waals surface area (Å²) in [7, 11) is 0. The molecule has 0 radical (unpaired) electrons. The summed E-state index contributed by atoms with van der Waals surface area (Å²) in [6, 6.07) is 2.02. The summed E-state index contributed by atoms with van der Waals surface area (Å²) in [6.07, 6.45) is 2.00. The summed E-state index contributed by atoms with van der Waals surface area (Å²) in [5.41, 5.74) is 12.2. The van der Waals surface area contributed by atoms with E-state index in [4.69, 9.17) is 11.5 Å². The average molecular weight is 522 g/mol. The van der Waals surface area contributed by atoms with Crippen LogP contribution in [0.15, 0.2) is 24.3 Å². The van der Waals surface area contributed by atoms with E-state index in [1.54, 1.807) is 26.0 Å². The Hall–Kier alpha value is -3.18. The van der Waals surface area contributed by atoms with Crippen LogP contribution in [-0.4, -0.2) is 64.6 Å². The summed E-state index contributed by atoms with van der Waals surface area (Å²) in [5.74, 6) is -3.02. The van der Waals surface area contributed by atoms with Crippen molar-refractivity contribution in [3.8, 4) is 5.75 Å². The lowest BCUT2D eigenvalue weighted by atomic mass is 9.99. The minimum absolute atomic E-state index is 0.00831. The summed E-state index contributed by atoms with van der Waals surface area (Å²) >= 11 is 0. The number of benzene rings is 1. The van der Waals surface area contributed by atoms with E-state index in [0.29, 0.717) is 37.8 Å². The molecule has 9 N–H and O–H groups in total. The van der Waals surface area contributed by atoms with Crippen LogP contribution in [0, 0.1) is 11.8 Å². The third-order valence-electron chi connectivity index (χ3n) is 5.88. The molecule has 0 aliphatic heterocycles. The second-order valence-corrected chi connectivity index (χ2v) is 10.1. The number of hydrogen-bond acceptors (Lipinski definition) is 7. The molecule has 0 aliphatic rings. The molecule has 3 amide bonds. The molecule has 0 saturated heterocycles. The van der Waals surface area contributed by atoms with Gasteiger partial charge in [0.1, 0.15) is 23.9 Å². The van der Waals surface area contributed by atoms with Gasteiger partial charge in [-0.05, 0) is 61.8 Å². The molecule has 37 heavy (non-hydrogen) atoms. The number of carbonyl (C=O) groups is 4. The molecule has 208 valence electrons. The number of carbonyl (C=O) groups excluding carboxylic acids is 3. The highest BCUT2D eigenvalue weighted by molar-refractivity contribution is 5.94. The van der Waals surface area contributed by atoms with E-state index in [1.165, 1.54) is 12.1 Å². The van der Waals surface area contributed by atoms with Gasteiger partial charge in [0, 0.05) is 6.42 Å². The van der Waals surface area contributed by atoms with Crippen molar-refractivity contribution in [3.63, 3.8) is 0 Å². The van der Waals surface area contributed by atoms with Crippen molar-refractivity contribution in [3.05, 3.63) is 29.8 Å². The minimum atomic E-state index is -1.25. The molecule has 4 unspecified atom stereocenters. The fourth-order valence-corrected chi connectivity index (χ4v) is 3.77. The van der Waals surface area contributed by atoms with E-state index in [-0.39, 0.29) is 24.0 Å². The zero-order valence-corrected chi connectivity index (χ0v) is 22.2. The predicted molar refractivity (Wildman–Crippen MR) is 140 cm³/mol. The maximum atomic E-state index is 13.2. The Morgan fingerprint density at radius 3 is 1.97 bits per heavy atom. The van der Waals surface area contributed by atoms with Crippen molar-refractivity contribution in [1.82, 2.24) is 16.0 Å². The number of aliphatic carboxylic acids is 1. The molecule has 11 heteroatoms. The van der Waals surface area contributed by atoms with Crippen LogP contribution < -0.4 is 27.4 Å². The van der Waals surface area contributed by atoms with Crippen LogP contribution in [0.1, 0.15) is 58.9 Å². The van der Waals surface area contributed by atoms with Gasteiger partial charge < -0.3 is 37.6 Å². The first-order valence-corrected chi connectivity index (χ1v) is 12.7. The summed E-state index contributed by atoms with van der Waals surface area (Å²) in [6.45, 7) is 7.76. The van der Waals surface area contributed by atoms with Crippen LogP contribution in [0.4, 0.5) is 0 Å². The first-order chi connectivity index (χ1) is 17.3. The van der Waals surface area contributed by atoms with Crippen LogP contribution in [0.3, 0.4) is 0 Å². The van der Waals surface area contributed by atoms with Crippen LogP contribution in [0.25, 0.3) is 0 Å². The summed E-state index contributed by atoms with van der Waals surface area (Å²) in [5, 5.41) is 27.0. The number of phenols is 1. The van der Waals surface area contributed by atoms with Crippen molar-refractivity contribution in [2.45, 2.75) is 84.0 Å². The molecule has 1 rings (SSSR count). The second-order valence-electron chi connectivity index (χ2n) is 10.1. The van der Waals surface area contributed by atoms with E-state index in [1.807, 2.05) is 13.8 Å². The van der Waals surface area contributed by atoms with Crippen molar-refractivity contribution >= 4 is 23.7 Å². The van der Waals surface area contributed by atoms with E-state index < -0.39 is 47.9 Å². The predicted octanol–water partition coefficient (Wildman–Crippen LogP) is 0.632. The van der Waals surface area contributed by atoms with E-state index in [9.17, 15) is 29.4 Å². The van der Waals surface area contributed by atoms with Gasteiger partial charge in [-0.15, -0.1) is 0 Å². The maximum Gasteiger partial charge on any atom is 0.326 e. The Morgan fingerprint density at radius 2 is 1.46 bits per heavy atom. The molecule has 1 aromatic carbocycles. The molecule has 0 spiro atoms. The molecule has 0 aliphatic carbocycles. The van der Waals surface area contributed by atoms with Crippen LogP contribution >= 0.6 is 0 Å². The highest BCUT2D eigenvalue weighted by Crippen LogP contribution is 2.13. The van der Waals surface area contributed by atoms with Gasteiger partial charge in [-0.1, -0.05) is 39.8 Å². The maximum absolute atomic E-state index is 13.2. The molecule has 1 aromatic rings. The smallest absolute Gasteiger partial charge is 0.326 e. The molecule has 0 bridgehead atoms. The molecule has 0 saturated carbocycles. The third kappa shape index (κ3) is 11.6. The first-order valence-electron chi connectivity index (χ1n) is 12.7. The number of amides is 3. The number of nitrogens with one attached hydrogen (secondary N) is 3. The average Bonchev–Trinajstić information content (AvgIpc) is 2.81. The number of carboxylic acid groups (broad SMARTS) is 1. The topological polar surface area (TPSA) is 197 Å². The monoisotopic (exact) mass is 521 g/mol. The van der Waals surface area contributed by atoms with Gasteiger partial charge in [-0.25, -0.2) is 4.79 Å². The zero-order valence-electron chi connectivity index (χ0n) is 22.2. The van der Waals surface area contributed by atoms with Gasteiger partial charge >= 0.3 is 5.97 Å². The Balaban J connectivity index is 2.96. The number of phenolic OH excluding ortho intramolecular Hbond substituents is 1. The fourth-order valence-electron chi connectivity index (χ4n) is 3.77. The lowest BCUT2D eigenvalue weighted by molar-refractivity contribution is -0.142. The lowest BCUT2D eigenvalue weighted by Gasteiger charge is -2.27. The van der Waals surface area contributed by atoms with Crippen LogP contribution in [-0.2, 0) is 25.6 Å². The molecular weight excluding hydrogens is 478 g/mol. The zero-order chi connectivity index (χ0) is 28.1. The van der Waals surface area contributed by atoms with Gasteiger partial charge in [-0.2, -0.15) is 0 Å². The Morgan fingerprint density at radius 1 is 0.865 bits per heavy atom. The standard InChI is InChI=1S/C26H43N5O6/c1-15(2)13-19(28)23(33)29-20(7-5-6-12-27)24(34)31-22(16(3)4)25(35)30-21(26(36)37)14-17-8-10-18(32)11-9-17/h8-11,15-16,19-22,32H,5-7,12-14,27-28H2,1-4H3,(H,29,33)(H,30,35)(H,31,34)(H,36,37). The van der Waals surface area contributed by atoms with Crippen molar-refractivity contribution in [1.29, 1.82) is 0 Å². The number of nitrogens with two attached hydrogens (primary N) is 2. The minimum Gasteiger partial charge on any atom is -0.508 e. The van der Waals surface area contributed by atoms with Gasteiger partial charge in [0.05, 0.1) is 6.04 Å². The highest BCUT2D eigenvalue weighted by Gasteiger charge is 2.32. The Labute approximate surface area is 218 Å². The second kappa shape index (κ2) is 15.8. The van der Waals surface area contributed by atoms with Crippen LogP contribution in [0.5, 0.6) is 5.75 Å². The van der Waals surface area contributed by atoms with Crippen molar-refractivity contribution in [2.75, 3.05) is 6.54 Å². The molecule has 11 nitrogen and oxygen atoms in total. The number of carboxylic acids is 1. The molecule has 0 heterocycles. The van der Waals surface area contributed by atoms with Crippen molar-refractivity contribution in [2.24, 2.45) is 23.3 Å². The van der Waals surface area contributed by atoms with E-state index in [0.717, 1.165) is 0 Å². The third-order valence-corrected chi connectivity index (χ3v) is 5.88. The highest BCUT2D eigenvalue weighted by atomic mass is 16.4. The van der Waals surface area contributed by atoms with Gasteiger partial charge in [0.2, 0.25) is 17.7 Å². The number of rotatable bonds is 16. The fraction of sp³-hybridized carbons (Fsp3) is 0.615. The molecule has 0 fully saturated rings. The SMILES string of the molecule is CC(C)CC(N)C(=O)NC(CCCCN)C(=O)NC(C(=O)NC(Cc1ccc(O)cc1)C(=O)O)C(C)C. The number of unbranched alkanes of at least 4 members (excludes halogenated alkanes) is 1. The lowest BCUT2D eigenvalue weighted by Crippen LogP contribution is -2.58. The van der Waals surface area contributed by atoms with E-state index in [2.05, 4.69) is 16.0 Å². The largest absolute Gasteiger partial charge is 0.508 e. The summed E-state index contributed by atoms with van der Waals surface area (Å²) < 4.78 is 0. The summed E-state index contributed by atoms with van der Waals surface area (Å²) in [4.78, 5) is 50.6. The van der Waals surface area contributed by atoms with Gasteiger partial charge in [-0.3, -0.25) is 14.4 Å². The number of hydrogen-bond donors (Lipinski definition) is 7. The molecule has 0 aromatic heterocycles.